The van der Waals surface area contributed by atoms with Crippen molar-refractivity contribution in [3.05, 3.63) is 56.8 Å². The summed E-state index contributed by atoms with van der Waals surface area (Å²) < 4.78 is 25.5. The van der Waals surface area contributed by atoms with Crippen LogP contribution < -0.4 is 14.8 Å². The number of methoxy groups -OCH3 is 1. The van der Waals surface area contributed by atoms with Crippen LogP contribution in [0.2, 0.25) is 5.02 Å². The number of likely N-dealkylation sites (tertiary alicyclic amines) is 1. The molecule has 2 aromatic rings. The second kappa shape index (κ2) is 10.6. The summed E-state index contributed by atoms with van der Waals surface area (Å²) in [4.78, 5) is 2.53. The Balaban J connectivity index is 1.62. The Morgan fingerprint density at radius 1 is 1.31 bits per heavy atom. The maximum Gasteiger partial charge on any atom is 0.175 e. The third-order valence-corrected chi connectivity index (χ3v) is 6.23. The Bertz CT molecular complexity index is 837. The van der Waals surface area contributed by atoms with Gasteiger partial charge in [-0.1, -0.05) is 24.6 Å². The van der Waals surface area contributed by atoms with Crippen LogP contribution >= 0.6 is 27.5 Å². The van der Waals surface area contributed by atoms with Gasteiger partial charge in [-0.15, -0.1) is 0 Å². The molecule has 158 valence electrons. The molecule has 0 saturated carbocycles. The number of nitrogens with one attached hydrogen (secondary N) is 1. The summed E-state index contributed by atoms with van der Waals surface area (Å²) >= 11 is 9.68. The predicted molar refractivity (Wildman–Crippen MR) is 118 cm³/mol. The number of hydrogen-bond acceptors (Lipinski definition) is 4. The van der Waals surface area contributed by atoms with Crippen molar-refractivity contribution in [1.29, 1.82) is 0 Å². The third kappa shape index (κ3) is 5.85. The van der Waals surface area contributed by atoms with Crippen LogP contribution in [0.1, 0.15) is 30.9 Å². The van der Waals surface area contributed by atoms with Gasteiger partial charge in [-0.05, 0) is 71.7 Å². The number of ether oxygens (including phenoxy) is 2. The lowest BCUT2D eigenvalue weighted by Crippen LogP contribution is -2.37. The first-order valence-electron chi connectivity index (χ1n) is 9.89. The zero-order valence-electron chi connectivity index (χ0n) is 16.8. The molecule has 1 fully saturated rings. The summed E-state index contributed by atoms with van der Waals surface area (Å²) in [5.41, 5.74) is 1.83. The molecule has 2 aromatic carbocycles. The molecular formula is C22H27BrClFN2O2. The van der Waals surface area contributed by atoms with E-state index in [-0.39, 0.29) is 12.4 Å². The number of rotatable bonds is 9. The number of benzene rings is 2. The molecule has 0 aliphatic carbocycles. The smallest absolute Gasteiger partial charge is 0.175 e. The highest BCUT2D eigenvalue weighted by atomic mass is 79.9. The lowest BCUT2D eigenvalue weighted by molar-refractivity contribution is 0.259. The molecule has 0 aromatic heterocycles. The van der Waals surface area contributed by atoms with E-state index in [0.717, 1.165) is 29.7 Å². The van der Waals surface area contributed by atoms with Gasteiger partial charge in [0.15, 0.2) is 11.5 Å². The van der Waals surface area contributed by atoms with E-state index in [9.17, 15) is 4.39 Å². The molecule has 1 aliphatic rings. The minimum absolute atomic E-state index is 0.222. The van der Waals surface area contributed by atoms with Crippen molar-refractivity contribution >= 4 is 27.5 Å². The molecule has 4 nitrogen and oxygen atoms in total. The Labute approximate surface area is 185 Å². The fourth-order valence-electron chi connectivity index (χ4n) is 3.73. The van der Waals surface area contributed by atoms with Gasteiger partial charge in [0.05, 0.1) is 16.6 Å². The second-order valence-corrected chi connectivity index (χ2v) is 8.45. The Morgan fingerprint density at radius 3 is 2.86 bits per heavy atom. The van der Waals surface area contributed by atoms with Crippen LogP contribution in [-0.4, -0.2) is 37.7 Å². The molecule has 1 atom stereocenters. The fourth-order valence-corrected chi connectivity index (χ4v) is 4.56. The highest BCUT2D eigenvalue weighted by Gasteiger charge is 2.22. The van der Waals surface area contributed by atoms with E-state index in [1.54, 1.807) is 13.2 Å². The molecule has 1 heterocycles. The highest BCUT2D eigenvalue weighted by Crippen LogP contribution is 2.37. The molecule has 29 heavy (non-hydrogen) atoms. The van der Waals surface area contributed by atoms with Crippen molar-refractivity contribution < 1.29 is 13.9 Å². The van der Waals surface area contributed by atoms with Crippen molar-refractivity contribution in [2.45, 2.75) is 39.0 Å². The van der Waals surface area contributed by atoms with Gasteiger partial charge in [0.25, 0.3) is 0 Å². The molecule has 0 unspecified atom stereocenters. The fraction of sp³-hybridized carbons (Fsp3) is 0.455. The first-order valence-corrected chi connectivity index (χ1v) is 11.1. The Hall–Kier alpha value is -1.34. The van der Waals surface area contributed by atoms with E-state index in [1.807, 2.05) is 12.1 Å². The minimum Gasteiger partial charge on any atom is -0.493 e. The van der Waals surface area contributed by atoms with Gasteiger partial charge in [0.2, 0.25) is 0 Å². The monoisotopic (exact) mass is 484 g/mol. The maximum atomic E-state index is 13.2. The van der Waals surface area contributed by atoms with Crippen molar-refractivity contribution in [3.63, 3.8) is 0 Å². The maximum absolute atomic E-state index is 13.2. The SMILES string of the molecule is CCN1CCC[C@@H]1CNCc1cc(Br)c(OCc2ccc(F)cc2Cl)c(OC)c1. The molecule has 7 heteroatoms. The second-order valence-electron chi connectivity index (χ2n) is 7.19. The van der Waals surface area contributed by atoms with E-state index in [1.165, 1.54) is 31.5 Å². The summed E-state index contributed by atoms with van der Waals surface area (Å²) in [7, 11) is 1.62. The van der Waals surface area contributed by atoms with Gasteiger partial charge >= 0.3 is 0 Å². The van der Waals surface area contributed by atoms with Gasteiger partial charge < -0.3 is 14.8 Å². The quantitative estimate of drug-likeness (QED) is 0.515. The largest absolute Gasteiger partial charge is 0.493 e. The van der Waals surface area contributed by atoms with E-state index in [2.05, 4.69) is 33.1 Å². The summed E-state index contributed by atoms with van der Waals surface area (Å²) in [6.07, 6.45) is 2.54. The molecule has 0 bridgehead atoms. The summed E-state index contributed by atoms with van der Waals surface area (Å²) in [6.45, 7) is 6.49. The van der Waals surface area contributed by atoms with Gasteiger partial charge in [-0.2, -0.15) is 0 Å². The molecule has 0 radical (unpaired) electrons. The number of halogens is 3. The van der Waals surface area contributed by atoms with Crippen molar-refractivity contribution in [1.82, 2.24) is 10.2 Å². The van der Waals surface area contributed by atoms with Crippen molar-refractivity contribution in [3.8, 4) is 11.5 Å². The molecule has 0 spiro atoms. The van der Waals surface area contributed by atoms with E-state index in [4.69, 9.17) is 21.1 Å². The highest BCUT2D eigenvalue weighted by molar-refractivity contribution is 9.10. The average molecular weight is 486 g/mol. The van der Waals surface area contributed by atoms with Gasteiger partial charge in [-0.25, -0.2) is 4.39 Å². The normalized spacial score (nSPS) is 16.9. The van der Waals surface area contributed by atoms with Crippen LogP contribution in [0.3, 0.4) is 0 Å². The molecular weight excluding hydrogens is 459 g/mol. The Kier molecular flexibility index (Phi) is 8.18. The van der Waals surface area contributed by atoms with Crippen LogP contribution in [0, 0.1) is 5.82 Å². The zero-order chi connectivity index (χ0) is 20.8. The standard InChI is InChI=1S/C22H27BrClFN2O2/c1-3-27-8-4-5-18(27)13-26-12-15-9-19(23)22(21(10-15)28-2)29-14-16-6-7-17(25)11-20(16)24/h6-7,9-11,18,26H,3-5,8,12-14H2,1-2H3/t18-/m1/s1. The van der Waals surface area contributed by atoms with E-state index < -0.39 is 0 Å². The average Bonchev–Trinajstić information content (AvgIpc) is 3.15. The van der Waals surface area contributed by atoms with Gasteiger partial charge in [-0.3, -0.25) is 4.90 Å². The van der Waals surface area contributed by atoms with Crippen LogP contribution in [0.4, 0.5) is 4.39 Å². The molecule has 1 aliphatic heterocycles. The van der Waals surface area contributed by atoms with E-state index in [0.29, 0.717) is 28.1 Å². The zero-order valence-corrected chi connectivity index (χ0v) is 19.2. The van der Waals surface area contributed by atoms with Crippen LogP contribution in [0.15, 0.2) is 34.8 Å². The minimum atomic E-state index is -0.367. The van der Waals surface area contributed by atoms with Gasteiger partial charge in [0, 0.05) is 24.7 Å². The topological polar surface area (TPSA) is 33.7 Å². The third-order valence-electron chi connectivity index (χ3n) is 5.29. The predicted octanol–water partition coefficient (Wildman–Crippen LogP) is 5.40. The molecule has 0 amide bonds. The van der Waals surface area contributed by atoms with Crippen LogP contribution in [-0.2, 0) is 13.2 Å². The number of hydrogen-bond donors (Lipinski definition) is 1. The lowest BCUT2D eigenvalue weighted by Gasteiger charge is -2.23. The summed E-state index contributed by atoms with van der Waals surface area (Å²) in [5.74, 6) is 0.879. The molecule has 1 N–H and O–H groups in total. The number of nitrogens with zero attached hydrogens (tertiary/aromatic N) is 1. The summed E-state index contributed by atoms with van der Waals surface area (Å²) in [5, 5.41) is 3.91. The van der Waals surface area contributed by atoms with Crippen LogP contribution in [0.5, 0.6) is 11.5 Å². The first kappa shape index (κ1) is 22.3. The summed E-state index contributed by atoms with van der Waals surface area (Å²) in [6, 6.07) is 8.91. The van der Waals surface area contributed by atoms with Crippen molar-refractivity contribution in [2.75, 3.05) is 26.7 Å². The van der Waals surface area contributed by atoms with E-state index >= 15 is 0 Å². The lowest BCUT2D eigenvalue weighted by atomic mass is 10.1. The number of likely N-dealkylation sites (N-methyl/N-ethyl adjacent to an activating group) is 1. The Morgan fingerprint density at radius 2 is 2.14 bits per heavy atom. The molecule has 3 rings (SSSR count). The van der Waals surface area contributed by atoms with Crippen molar-refractivity contribution in [2.24, 2.45) is 0 Å². The first-order chi connectivity index (χ1) is 14.0. The van der Waals surface area contributed by atoms with Gasteiger partial charge in [0.1, 0.15) is 12.4 Å². The van der Waals surface area contributed by atoms with Crippen LogP contribution in [0.25, 0.3) is 0 Å². The molecule has 1 saturated heterocycles.